The fourth-order valence-corrected chi connectivity index (χ4v) is 3.71. The molecule has 0 aromatic heterocycles. The molecule has 6 nitrogen and oxygen atoms in total. The maximum Gasteiger partial charge on any atom is 0.191 e. The van der Waals surface area contributed by atoms with E-state index in [1.54, 1.807) is 0 Å². The third-order valence-corrected chi connectivity index (χ3v) is 5.29. The number of nitrogens with one attached hydrogen (secondary N) is 2. The molecule has 1 aliphatic heterocycles. The van der Waals surface area contributed by atoms with Crippen molar-refractivity contribution in [2.24, 2.45) is 10.9 Å². The van der Waals surface area contributed by atoms with Gasteiger partial charge in [-0.15, -0.1) is 0 Å². The second-order valence-electron chi connectivity index (χ2n) is 7.48. The molecule has 29 heavy (non-hydrogen) atoms. The van der Waals surface area contributed by atoms with Crippen LogP contribution in [0.5, 0.6) is 0 Å². The number of nitrogens with zero attached hydrogens (tertiary/aromatic N) is 2. The molecular weight excluding hydrogens is 371 g/mol. The van der Waals surface area contributed by atoms with Crippen molar-refractivity contribution in [2.45, 2.75) is 39.2 Å². The van der Waals surface area contributed by atoms with Crippen LogP contribution in [0.15, 0.2) is 29.3 Å². The first-order valence-corrected chi connectivity index (χ1v) is 10.9. The van der Waals surface area contributed by atoms with Gasteiger partial charge in [0, 0.05) is 39.3 Å². The number of hydrogen-bond donors (Lipinski definition) is 3. The average molecular weight is 409 g/mol. The van der Waals surface area contributed by atoms with Crippen molar-refractivity contribution < 1.29 is 14.2 Å². The number of guanidine groups is 1. The number of ether oxygens (including phenoxy) is 1. The van der Waals surface area contributed by atoms with Gasteiger partial charge in [-0.05, 0) is 43.4 Å². The second-order valence-corrected chi connectivity index (χ2v) is 7.48. The van der Waals surface area contributed by atoms with Gasteiger partial charge < -0.3 is 20.5 Å². The van der Waals surface area contributed by atoms with Gasteiger partial charge in [0.05, 0.1) is 19.3 Å². The normalized spacial score (nSPS) is 17.7. The first-order chi connectivity index (χ1) is 14.2. The molecule has 1 heterocycles. The molecule has 2 atom stereocenters. The van der Waals surface area contributed by atoms with Crippen LogP contribution in [0.4, 0.5) is 4.39 Å². The Kier molecular flexibility index (Phi) is 11.0. The Bertz CT molecular complexity index is 585. The SMILES string of the molecule is CCCC(CCO)CN=C(NCC)NCC(c1ccc(F)cc1)N1CCOCC1. The number of aliphatic hydroxyl groups excluding tert-OH is 1. The Labute approximate surface area is 174 Å². The summed E-state index contributed by atoms with van der Waals surface area (Å²) in [4.78, 5) is 7.13. The lowest BCUT2D eigenvalue weighted by Crippen LogP contribution is -2.46. The van der Waals surface area contributed by atoms with Crippen LogP contribution >= 0.6 is 0 Å². The summed E-state index contributed by atoms with van der Waals surface area (Å²) in [6.45, 7) is 9.70. The quantitative estimate of drug-likeness (QED) is 0.388. The predicted molar refractivity (Wildman–Crippen MR) is 116 cm³/mol. The first kappa shape index (κ1) is 23.6. The highest BCUT2D eigenvalue weighted by Crippen LogP contribution is 2.21. The van der Waals surface area contributed by atoms with Crippen LogP contribution in [0.3, 0.4) is 0 Å². The Morgan fingerprint density at radius 2 is 1.90 bits per heavy atom. The fraction of sp³-hybridized carbons (Fsp3) is 0.682. The molecule has 0 radical (unpaired) electrons. The van der Waals surface area contributed by atoms with E-state index in [1.807, 2.05) is 19.1 Å². The van der Waals surface area contributed by atoms with E-state index in [1.165, 1.54) is 12.1 Å². The lowest BCUT2D eigenvalue weighted by atomic mass is 10.0. The number of morpholine rings is 1. The van der Waals surface area contributed by atoms with Gasteiger partial charge in [0.2, 0.25) is 0 Å². The van der Waals surface area contributed by atoms with Crippen molar-refractivity contribution in [3.05, 3.63) is 35.6 Å². The highest BCUT2D eigenvalue weighted by Gasteiger charge is 2.23. The lowest BCUT2D eigenvalue weighted by Gasteiger charge is -2.35. The van der Waals surface area contributed by atoms with Crippen LogP contribution < -0.4 is 10.6 Å². The maximum atomic E-state index is 13.4. The molecule has 0 bridgehead atoms. The van der Waals surface area contributed by atoms with E-state index in [0.29, 0.717) is 32.2 Å². The Morgan fingerprint density at radius 3 is 2.52 bits per heavy atom. The van der Waals surface area contributed by atoms with Gasteiger partial charge in [-0.3, -0.25) is 9.89 Å². The predicted octanol–water partition coefficient (Wildman–Crippen LogP) is 2.55. The summed E-state index contributed by atoms with van der Waals surface area (Å²) in [6.07, 6.45) is 2.94. The topological polar surface area (TPSA) is 69.1 Å². The van der Waals surface area contributed by atoms with Crippen molar-refractivity contribution in [1.82, 2.24) is 15.5 Å². The van der Waals surface area contributed by atoms with E-state index in [-0.39, 0.29) is 18.5 Å². The van der Waals surface area contributed by atoms with E-state index in [2.05, 4.69) is 22.5 Å². The molecule has 164 valence electrons. The van der Waals surface area contributed by atoms with Crippen molar-refractivity contribution >= 4 is 5.96 Å². The molecule has 7 heteroatoms. The summed E-state index contributed by atoms with van der Waals surface area (Å²) in [6, 6.07) is 6.88. The first-order valence-electron chi connectivity index (χ1n) is 10.9. The van der Waals surface area contributed by atoms with Gasteiger partial charge in [0.15, 0.2) is 5.96 Å². The summed E-state index contributed by atoms with van der Waals surface area (Å²) in [7, 11) is 0. The van der Waals surface area contributed by atoms with Crippen LogP contribution in [0.1, 0.15) is 44.7 Å². The van der Waals surface area contributed by atoms with Crippen molar-refractivity contribution in [2.75, 3.05) is 52.5 Å². The molecule has 1 aromatic rings. The van der Waals surface area contributed by atoms with Crippen LogP contribution in [0.2, 0.25) is 0 Å². The standard InChI is InChI=1S/C22H37FN4O2/c1-3-5-18(10-13-28)16-25-22(24-4-2)26-17-21(27-11-14-29-15-12-27)19-6-8-20(23)9-7-19/h6-9,18,21,28H,3-5,10-17H2,1-2H3,(H2,24,25,26). The number of aliphatic hydroxyl groups is 1. The average Bonchev–Trinajstić information content (AvgIpc) is 2.74. The van der Waals surface area contributed by atoms with Gasteiger partial charge in [-0.25, -0.2) is 4.39 Å². The van der Waals surface area contributed by atoms with E-state index >= 15 is 0 Å². The van der Waals surface area contributed by atoms with E-state index in [9.17, 15) is 9.50 Å². The zero-order chi connectivity index (χ0) is 20.9. The Hall–Kier alpha value is -1.70. The van der Waals surface area contributed by atoms with Crippen molar-refractivity contribution in [3.8, 4) is 0 Å². The highest BCUT2D eigenvalue weighted by atomic mass is 19.1. The van der Waals surface area contributed by atoms with Crippen LogP contribution in [-0.2, 0) is 4.74 Å². The summed E-state index contributed by atoms with van der Waals surface area (Å²) in [5, 5.41) is 16.1. The van der Waals surface area contributed by atoms with Gasteiger partial charge in [0.1, 0.15) is 5.82 Å². The third-order valence-electron chi connectivity index (χ3n) is 5.29. The smallest absolute Gasteiger partial charge is 0.191 e. The molecule has 3 N–H and O–H groups in total. The lowest BCUT2D eigenvalue weighted by molar-refractivity contribution is 0.0170. The van der Waals surface area contributed by atoms with Gasteiger partial charge in [-0.2, -0.15) is 0 Å². The zero-order valence-electron chi connectivity index (χ0n) is 17.9. The molecule has 0 aliphatic carbocycles. The van der Waals surface area contributed by atoms with Crippen LogP contribution in [0, 0.1) is 11.7 Å². The van der Waals surface area contributed by atoms with Crippen molar-refractivity contribution in [1.29, 1.82) is 0 Å². The van der Waals surface area contributed by atoms with Crippen molar-refractivity contribution in [3.63, 3.8) is 0 Å². The largest absolute Gasteiger partial charge is 0.396 e. The number of aliphatic imine (C=N–C) groups is 1. The fourth-order valence-electron chi connectivity index (χ4n) is 3.71. The molecule has 2 unspecified atom stereocenters. The molecule has 0 amide bonds. The summed E-state index contributed by atoms with van der Waals surface area (Å²) in [5.41, 5.74) is 1.08. The van der Waals surface area contributed by atoms with E-state index in [4.69, 9.17) is 9.73 Å². The number of rotatable bonds is 11. The second kappa shape index (κ2) is 13.5. The molecule has 1 aromatic carbocycles. The summed E-state index contributed by atoms with van der Waals surface area (Å²) in [5.74, 6) is 0.961. The molecule has 1 fully saturated rings. The zero-order valence-corrected chi connectivity index (χ0v) is 17.9. The Morgan fingerprint density at radius 1 is 1.17 bits per heavy atom. The molecule has 1 saturated heterocycles. The van der Waals surface area contributed by atoms with Gasteiger partial charge >= 0.3 is 0 Å². The van der Waals surface area contributed by atoms with Crippen LogP contribution in [-0.4, -0.2) is 68.5 Å². The minimum atomic E-state index is -0.219. The number of halogens is 1. The number of benzene rings is 1. The minimum Gasteiger partial charge on any atom is -0.396 e. The van der Waals surface area contributed by atoms with Crippen LogP contribution in [0.25, 0.3) is 0 Å². The molecule has 1 aliphatic rings. The maximum absolute atomic E-state index is 13.4. The monoisotopic (exact) mass is 408 g/mol. The molecular formula is C22H37FN4O2. The van der Waals surface area contributed by atoms with Gasteiger partial charge in [0.25, 0.3) is 0 Å². The summed E-state index contributed by atoms with van der Waals surface area (Å²) < 4.78 is 18.9. The molecule has 2 rings (SSSR count). The van der Waals surface area contributed by atoms with E-state index in [0.717, 1.165) is 50.4 Å². The van der Waals surface area contributed by atoms with E-state index < -0.39 is 0 Å². The summed E-state index contributed by atoms with van der Waals surface area (Å²) >= 11 is 0. The Balaban J connectivity index is 2.06. The highest BCUT2D eigenvalue weighted by molar-refractivity contribution is 5.79. The molecule has 0 saturated carbocycles. The number of hydrogen-bond acceptors (Lipinski definition) is 4. The van der Waals surface area contributed by atoms with Gasteiger partial charge in [-0.1, -0.05) is 25.5 Å². The molecule has 0 spiro atoms. The minimum absolute atomic E-state index is 0.118. The third kappa shape index (κ3) is 8.28.